The molecule has 1 fully saturated rings. The van der Waals surface area contributed by atoms with Gasteiger partial charge in [0.2, 0.25) is 0 Å². The maximum Gasteiger partial charge on any atom is 0.146 e. The van der Waals surface area contributed by atoms with Crippen molar-refractivity contribution in [2.75, 3.05) is 27.2 Å². The molecule has 1 aliphatic heterocycles. The number of piperidine rings is 1. The fraction of sp³-hybridized carbons (Fsp3) is 0.524. The molecule has 1 aliphatic rings. The quantitative estimate of drug-likeness (QED) is 0.696. The lowest BCUT2D eigenvalue weighted by molar-refractivity contribution is 0.191. The lowest BCUT2D eigenvalue weighted by Crippen LogP contribution is -2.35. The Kier molecular flexibility index (Phi) is 5.02. The SMILES string of the molecule is CN(C)Cc1nnc([C@@H]2CCCN(Cc3cc4ccccc4n3C)C2)n1C. The van der Waals surface area contributed by atoms with Gasteiger partial charge in [-0.25, -0.2) is 0 Å². The summed E-state index contributed by atoms with van der Waals surface area (Å²) in [5.74, 6) is 2.64. The Morgan fingerprint density at radius 3 is 2.70 bits per heavy atom. The molecule has 0 aliphatic carbocycles. The van der Waals surface area contributed by atoms with Crippen LogP contribution in [0.25, 0.3) is 10.9 Å². The minimum atomic E-state index is 0.460. The molecule has 1 aromatic carbocycles. The molecule has 0 spiro atoms. The average molecular weight is 367 g/mol. The van der Waals surface area contributed by atoms with Crippen molar-refractivity contribution in [2.45, 2.75) is 31.8 Å². The lowest BCUT2D eigenvalue weighted by atomic mass is 9.97. The summed E-state index contributed by atoms with van der Waals surface area (Å²) in [5, 5.41) is 10.3. The number of para-hydroxylation sites is 1. The second kappa shape index (κ2) is 7.44. The van der Waals surface area contributed by atoms with E-state index in [0.717, 1.165) is 37.8 Å². The van der Waals surface area contributed by atoms with Crippen LogP contribution in [0.3, 0.4) is 0 Å². The predicted molar refractivity (Wildman–Crippen MR) is 109 cm³/mol. The number of nitrogens with zero attached hydrogens (tertiary/aromatic N) is 6. The number of benzene rings is 1. The molecule has 0 amide bonds. The highest BCUT2D eigenvalue weighted by Crippen LogP contribution is 2.28. The summed E-state index contributed by atoms with van der Waals surface area (Å²) < 4.78 is 4.53. The van der Waals surface area contributed by atoms with E-state index in [4.69, 9.17) is 0 Å². The molecule has 2 aromatic heterocycles. The van der Waals surface area contributed by atoms with E-state index in [0.29, 0.717) is 5.92 Å². The molecule has 1 atom stereocenters. The van der Waals surface area contributed by atoms with E-state index in [-0.39, 0.29) is 0 Å². The maximum atomic E-state index is 4.54. The molecule has 0 unspecified atom stereocenters. The number of likely N-dealkylation sites (tertiary alicyclic amines) is 1. The van der Waals surface area contributed by atoms with Crippen LogP contribution in [0.2, 0.25) is 0 Å². The smallest absolute Gasteiger partial charge is 0.146 e. The zero-order valence-electron chi connectivity index (χ0n) is 16.9. The van der Waals surface area contributed by atoms with Crippen LogP contribution in [0.4, 0.5) is 0 Å². The van der Waals surface area contributed by atoms with Gasteiger partial charge < -0.3 is 14.0 Å². The van der Waals surface area contributed by atoms with Crippen LogP contribution in [0.5, 0.6) is 0 Å². The zero-order chi connectivity index (χ0) is 19.0. The molecule has 0 radical (unpaired) electrons. The van der Waals surface area contributed by atoms with Gasteiger partial charge in [-0.3, -0.25) is 4.90 Å². The first-order valence-electron chi connectivity index (χ1n) is 9.81. The van der Waals surface area contributed by atoms with Crippen molar-refractivity contribution in [1.29, 1.82) is 0 Å². The summed E-state index contributed by atoms with van der Waals surface area (Å²) in [6.45, 7) is 4.02. The van der Waals surface area contributed by atoms with Gasteiger partial charge in [0.25, 0.3) is 0 Å². The molecule has 27 heavy (non-hydrogen) atoms. The fourth-order valence-electron chi connectivity index (χ4n) is 4.29. The monoisotopic (exact) mass is 366 g/mol. The van der Waals surface area contributed by atoms with E-state index in [2.05, 4.69) is 87.7 Å². The second-order valence-electron chi connectivity index (χ2n) is 8.10. The molecule has 3 heterocycles. The van der Waals surface area contributed by atoms with Crippen LogP contribution in [0.1, 0.15) is 36.1 Å². The normalized spacial score (nSPS) is 18.6. The first-order chi connectivity index (χ1) is 13.0. The number of hydrogen-bond donors (Lipinski definition) is 0. The van der Waals surface area contributed by atoms with Crippen LogP contribution in [-0.2, 0) is 27.2 Å². The maximum absolute atomic E-state index is 4.54. The minimum absolute atomic E-state index is 0.460. The van der Waals surface area contributed by atoms with Gasteiger partial charge in [0.1, 0.15) is 11.6 Å². The standard InChI is InChI=1S/C21H30N6/c1-24(2)15-20-22-23-21(26(20)4)17-9-7-11-27(13-17)14-18-12-16-8-5-6-10-19(16)25(18)3/h5-6,8,10,12,17H,7,9,11,13-15H2,1-4H3/t17-/m1/s1. The summed E-state index contributed by atoms with van der Waals surface area (Å²) in [7, 11) is 8.42. The predicted octanol–water partition coefficient (Wildman–Crippen LogP) is 2.75. The molecular formula is C21H30N6. The molecule has 0 N–H and O–H groups in total. The zero-order valence-corrected chi connectivity index (χ0v) is 16.9. The summed E-state index contributed by atoms with van der Waals surface area (Å²) >= 11 is 0. The lowest BCUT2D eigenvalue weighted by Gasteiger charge is -2.32. The van der Waals surface area contributed by atoms with Crippen LogP contribution in [-0.4, -0.2) is 56.3 Å². The third kappa shape index (κ3) is 3.64. The Bertz CT molecular complexity index is 922. The Morgan fingerprint density at radius 2 is 1.93 bits per heavy atom. The van der Waals surface area contributed by atoms with E-state index >= 15 is 0 Å². The Hall–Kier alpha value is -2.18. The molecule has 6 heteroatoms. The van der Waals surface area contributed by atoms with Gasteiger partial charge in [-0.1, -0.05) is 18.2 Å². The topological polar surface area (TPSA) is 42.1 Å². The van der Waals surface area contributed by atoms with Gasteiger partial charge in [-0.15, -0.1) is 10.2 Å². The van der Waals surface area contributed by atoms with E-state index in [1.54, 1.807) is 0 Å². The summed E-state index contributed by atoms with van der Waals surface area (Å²) in [5.41, 5.74) is 2.69. The second-order valence-corrected chi connectivity index (χ2v) is 8.10. The molecule has 6 nitrogen and oxygen atoms in total. The summed E-state index contributed by atoms with van der Waals surface area (Å²) in [6.07, 6.45) is 2.41. The first kappa shape index (κ1) is 18.2. The Labute approximate surface area is 161 Å². The molecular weight excluding hydrogens is 336 g/mol. The molecule has 4 rings (SSSR count). The highest BCUT2D eigenvalue weighted by atomic mass is 15.3. The number of rotatable bonds is 5. The largest absolute Gasteiger partial charge is 0.346 e. The number of hydrogen-bond acceptors (Lipinski definition) is 4. The van der Waals surface area contributed by atoms with Crippen molar-refractivity contribution in [2.24, 2.45) is 14.1 Å². The number of aryl methyl sites for hydroxylation is 1. The third-order valence-electron chi connectivity index (χ3n) is 5.76. The van der Waals surface area contributed by atoms with Crippen LogP contribution in [0.15, 0.2) is 30.3 Å². The van der Waals surface area contributed by atoms with Crippen molar-refractivity contribution in [3.63, 3.8) is 0 Å². The van der Waals surface area contributed by atoms with Gasteiger partial charge in [0.05, 0.1) is 6.54 Å². The van der Waals surface area contributed by atoms with Gasteiger partial charge in [0.15, 0.2) is 0 Å². The molecule has 1 saturated heterocycles. The van der Waals surface area contributed by atoms with Gasteiger partial charge in [0, 0.05) is 44.3 Å². The van der Waals surface area contributed by atoms with Crippen LogP contribution < -0.4 is 0 Å². The van der Waals surface area contributed by atoms with Crippen molar-refractivity contribution < 1.29 is 0 Å². The Balaban J connectivity index is 1.50. The van der Waals surface area contributed by atoms with Gasteiger partial charge in [-0.2, -0.15) is 0 Å². The van der Waals surface area contributed by atoms with Gasteiger partial charge >= 0.3 is 0 Å². The van der Waals surface area contributed by atoms with E-state index < -0.39 is 0 Å². The highest BCUT2D eigenvalue weighted by Gasteiger charge is 2.26. The summed E-state index contributed by atoms with van der Waals surface area (Å²) in [6, 6.07) is 11.0. The summed E-state index contributed by atoms with van der Waals surface area (Å²) in [4.78, 5) is 4.71. The fourth-order valence-corrected chi connectivity index (χ4v) is 4.29. The highest BCUT2D eigenvalue weighted by molar-refractivity contribution is 5.81. The third-order valence-corrected chi connectivity index (χ3v) is 5.76. The average Bonchev–Trinajstić information content (AvgIpc) is 3.16. The van der Waals surface area contributed by atoms with E-state index in [1.165, 1.54) is 29.4 Å². The Morgan fingerprint density at radius 1 is 1.11 bits per heavy atom. The minimum Gasteiger partial charge on any atom is -0.346 e. The van der Waals surface area contributed by atoms with Crippen LogP contribution >= 0.6 is 0 Å². The van der Waals surface area contributed by atoms with Crippen molar-refractivity contribution >= 4 is 10.9 Å². The van der Waals surface area contributed by atoms with Crippen LogP contribution in [0, 0.1) is 0 Å². The molecule has 144 valence electrons. The van der Waals surface area contributed by atoms with Crippen molar-refractivity contribution in [3.05, 3.63) is 47.7 Å². The van der Waals surface area contributed by atoms with Crippen molar-refractivity contribution in [3.8, 4) is 0 Å². The first-order valence-corrected chi connectivity index (χ1v) is 9.81. The van der Waals surface area contributed by atoms with E-state index in [1.807, 2.05) is 0 Å². The number of aromatic nitrogens is 4. The molecule has 3 aromatic rings. The molecule has 0 saturated carbocycles. The number of fused-ring (bicyclic) bond motifs is 1. The molecule has 0 bridgehead atoms. The van der Waals surface area contributed by atoms with E-state index in [9.17, 15) is 0 Å². The van der Waals surface area contributed by atoms with Crippen molar-refractivity contribution in [1.82, 2.24) is 29.1 Å². The van der Waals surface area contributed by atoms with Gasteiger partial charge in [-0.05, 0) is 51.0 Å².